The van der Waals surface area contributed by atoms with Gasteiger partial charge in [-0.05, 0) is 86.4 Å². The van der Waals surface area contributed by atoms with Gasteiger partial charge < -0.3 is 9.47 Å². The summed E-state index contributed by atoms with van der Waals surface area (Å²) < 4.78 is 10.9. The molecule has 2 aromatic carbocycles. The molecule has 4 nitrogen and oxygen atoms in total. The van der Waals surface area contributed by atoms with Gasteiger partial charge in [0.2, 0.25) is 0 Å². The van der Waals surface area contributed by atoms with Crippen molar-refractivity contribution < 1.29 is 19.1 Å². The number of benzene rings is 2. The maximum Gasteiger partial charge on any atom is 0.312 e. The first kappa shape index (κ1) is 38.3. The Morgan fingerprint density at radius 2 is 1.02 bits per heavy atom. The Bertz CT molecular complexity index is 1070. The van der Waals surface area contributed by atoms with Crippen molar-refractivity contribution in [1.29, 1.82) is 0 Å². The summed E-state index contributed by atoms with van der Waals surface area (Å²) >= 11 is 3.51. The minimum atomic E-state index is -0.159. The van der Waals surface area contributed by atoms with Gasteiger partial charge in [0.15, 0.2) is 0 Å². The molecule has 246 valence electrons. The fourth-order valence-corrected chi connectivity index (χ4v) is 7.78. The van der Waals surface area contributed by atoms with Crippen molar-refractivity contribution >= 4 is 36.0 Å². The molecule has 0 fully saturated rings. The highest BCUT2D eigenvalue weighted by atomic mass is 32.2. The Hall–Kier alpha value is -1.92. The molecule has 0 spiro atoms. The summed E-state index contributed by atoms with van der Waals surface area (Å²) in [5.74, 6) is 3.06. The van der Waals surface area contributed by atoms with Crippen molar-refractivity contribution in [1.82, 2.24) is 0 Å². The molecule has 2 aromatic rings. The third-order valence-corrected chi connectivity index (χ3v) is 10.1. The molecular formula is C38H58O4S2. The molecule has 6 heteroatoms. The van der Waals surface area contributed by atoms with E-state index >= 15 is 0 Å². The second-order valence-corrected chi connectivity index (χ2v) is 14.6. The van der Waals surface area contributed by atoms with E-state index in [0.717, 1.165) is 43.6 Å². The lowest BCUT2D eigenvalue weighted by Gasteiger charge is -2.14. The summed E-state index contributed by atoms with van der Waals surface area (Å²) in [6, 6.07) is 8.17. The zero-order chi connectivity index (χ0) is 32.0. The predicted octanol–water partition coefficient (Wildman–Crippen LogP) is 11.9. The normalized spacial score (nSPS) is 11.1. The van der Waals surface area contributed by atoms with Gasteiger partial charge in [0.1, 0.15) is 11.5 Å². The van der Waals surface area contributed by atoms with Crippen molar-refractivity contribution in [2.24, 2.45) is 0 Å². The predicted molar refractivity (Wildman–Crippen MR) is 190 cm³/mol. The molecule has 0 aliphatic rings. The third kappa shape index (κ3) is 15.9. The maximum absolute atomic E-state index is 12.6. The number of hydrogen-bond donors (Lipinski definition) is 0. The van der Waals surface area contributed by atoms with Gasteiger partial charge in [0.05, 0.1) is 6.42 Å². The van der Waals surface area contributed by atoms with Crippen LogP contribution in [0.25, 0.3) is 0 Å². The lowest BCUT2D eigenvalue weighted by Crippen LogP contribution is -2.11. The number of ether oxygens (including phenoxy) is 2. The standard InChI is InChI=1S/C38H58O4S2/c1-6-7-8-9-10-11-12-13-14-15-16-17-18-19-20-21-23-43-24-22-36(40)42-38-32(4)27-35(28-33(38)5)44-34-25-30(2)37(41-29-39)31(3)26-34/h25-29H,6-24H2,1-5H3. The molecule has 0 heterocycles. The number of esters is 1. The van der Waals surface area contributed by atoms with E-state index < -0.39 is 0 Å². The molecule has 0 amide bonds. The van der Waals surface area contributed by atoms with Gasteiger partial charge in [-0.3, -0.25) is 9.59 Å². The minimum Gasteiger partial charge on any atom is -0.428 e. The number of carbonyl (C=O) groups excluding carboxylic acids is 2. The Kier molecular flexibility index (Phi) is 20.4. The van der Waals surface area contributed by atoms with E-state index in [0.29, 0.717) is 24.4 Å². The van der Waals surface area contributed by atoms with Crippen LogP contribution in [0.15, 0.2) is 34.1 Å². The smallest absolute Gasteiger partial charge is 0.312 e. The van der Waals surface area contributed by atoms with E-state index in [2.05, 4.69) is 19.1 Å². The van der Waals surface area contributed by atoms with E-state index in [9.17, 15) is 9.59 Å². The lowest BCUT2D eigenvalue weighted by molar-refractivity contribution is -0.134. The van der Waals surface area contributed by atoms with Crippen LogP contribution in [0.2, 0.25) is 0 Å². The number of hydrogen-bond acceptors (Lipinski definition) is 6. The van der Waals surface area contributed by atoms with E-state index in [1.54, 1.807) is 11.8 Å². The van der Waals surface area contributed by atoms with Crippen LogP contribution in [0.4, 0.5) is 0 Å². The van der Waals surface area contributed by atoms with Crippen LogP contribution in [-0.4, -0.2) is 23.9 Å². The lowest BCUT2D eigenvalue weighted by atomic mass is 10.0. The number of rotatable bonds is 25. The molecule has 0 saturated heterocycles. The summed E-state index contributed by atoms with van der Waals surface area (Å²) in [7, 11) is 0. The second kappa shape index (κ2) is 23.4. The van der Waals surface area contributed by atoms with Crippen LogP contribution >= 0.6 is 23.5 Å². The highest BCUT2D eigenvalue weighted by Gasteiger charge is 2.13. The number of thioether (sulfide) groups is 1. The Morgan fingerprint density at radius 1 is 0.614 bits per heavy atom. The third-order valence-electron chi connectivity index (χ3n) is 8.08. The fourth-order valence-electron chi connectivity index (χ4n) is 5.64. The Morgan fingerprint density at radius 3 is 1.45 bits per heavy atom. The molecule has 0 bridgehead atoms. The molecule has 0 unspecified atom stereocenters. The largest absolute Gasteiger partial charge is 0.428 e. The van der Waals surface area contributed by atoms with Gasteiger partial charge in [-0.2, -0.15) is 11.8 Å². The zero-order valence-electron chi connectivity index (χ0n) is 28.3. The monoisotopic (exact) mass is 642 g/mol. The highest BCUT2D eigenvalue weighted by molar-refractivity contribution is 7.99. The molecule has 2 rings (SSSR count). The van der Waals surface area contributed by atoms with E-state index in [4.69, 9.17) is 9.47 Å². The van der Waals surface area contributed by atoms with Crippen molar-refractivity contribution in [2.45, 2.75) is 154 Å². The summed E-state index contributed by atoms with van der Waals surface area (Å²) in [5, 5.41) is 0. The van der Waals surface area contributed by atoms with Gasteiger partial charge in [0.25, 0.3) is 6.47 Å². The summed E-state index contributed by atoms with van der Waals surface area (Å²) in [5.41, 5.74) is 3.75. The first-order valence-corrected chi connectivity index (χ1v) is 19.1. The quantitative estimate of drug-likeness (QED) is 0.0465. The van der Waals surface area contributed by atoms with E-state index in [-0.39, 0.29) is 5.97 Å². The average Bonchev–Trinajstić information content (AvgIpc) is 2.98. The van der Waals surface area contributed by atoms with Gasteiger partial charge in [-0.25, -0.2) is 0 Å². The molecule has 0 aromatic heterocycles. The number of unbranched alkanes of at least 4 members (excludes halogenated alkanes) is 15. The number of aryl methyl sites for hydroxylation is 4. The van der Waals surface area contributed by atoms with E-state index in [1.165, 1.54) is 103 Å². The van der Waals surface area contributed by atoms with Gasteiger partial charge >= 0.3 is 5.97 Å². The van der Waals surface area contributed by atoms with Crippen LogP contribution in [0.5, 0.6) is 11.5 Å². The molecule has 44 heavy (non-hydrogen) atoms. The Labute approximate surface area is 277 Å². The second-order valence-electron chi connectivity index (χ2n) is 12.2. The molecule has 0 radical (unpaired) electrons. The first-order valence-electron chi connectivity index (χ1n) is 17.1. The molecule has 0 aliphatic heterocycles. The van der Waals surface area contributed by atoms with Crippen molar-refractivity contribution in [3.05, 3.63) is 46.5 Å². The number of carbonyl (C=O) groups is 2. The molecular weight excluding hydrogens is 585 g/mol. The van der Waals surface area contributed by atoms with Crippen molar-refractivity contribution in [2.75, 3.05) is 11.5 Å². The SMILES string of the molecule is CCCCCCCCCCCCCCCCCCSCCC(=O)Oc1c(C)cc(Sc2cc(C)c(OC=O)c(C)c2)cc1C. The van der Waals surface area contributed by atoms with Crippen molar-refractivity contribution in [3.8, 4) is 11.5 Å². The van der Waals surface area contributed by atoms with Crippen LogP contribution in [0.3, 0.4) is 0 Å². The zero-order valence-corrected chi connectivity index (χ0v) is 29.9. The van der Waals surface area contributed by atoms with Gasteiger partial charge in [-0.1, -0.05) is 115 Å². The van der Waals surface area contributed by atoms with E-state index in [1.807, 2.05) is 51.6 Å². The first-order chi connectivity index (χ1) is 21.3. The average molecular weight is 643 g/mol. The summed E-state index contributed by atoms with van der Waals surface area (Å²) in [6.45, 7) is 10.6. The maximum atomic E-state index is 12.6. The molecule has 0 N–H and O–H groups in total. The minimum absolute atomic E-state index is 0.159. The van der Waals surface area contributed by atoms with Gasteiger partial charge in [0, 0.05) is 15.5 Å². The van der Waals surface area contributed by atoms with Crippen LogP contribution in [-0.2, 0) is 9.59 Å². The molecule has 0 aliphatic carbocycles. The van der Waals surface area contributed by atoms with Crippen LogP contribution in [0, 0.1) is 27.7 Å². The fraction of sp³-hybridized carbons (Fsp3) is 0.632. The highest BCUT2D eigenvalue weighted by Crippen LogP contribution is 2.37. The molecule has 0 atom stereocenters. The Balaban J connectivity index is 1.53. The topological polar surface area (TPSA) is 52.6 Å². The van der Waals surface area contributed by atoms with Crippen LogP contribution < -0.4 is 9.47 Å². The summed E-state index contributed by atoms with van der Waals surface area (Å²) in [6.07, 6.45) is 22.7. The van der Waals surface area contributed by atoms with Crippen LogP contribution in [0.1, 0.15) is 138 Å². The van der Waals surface area contributed by atoms with Crippen molar-refractivity contribution in [3.63, 3.8) is 0 Å². The summed E-state index contributed by atoms with van der Waals surface area (Å²) in [4.78, 5) is 25.5. The van der Waals surface area contributed by atoms with Gasteiger partial charge in [-0.15, -0.1) is 0 Å². The molecule has 0 saturated carbocycles.